The van der Waals surface area contributed by atoms with E-state index in [1.807, 2.05) is 43.3 Å². The summed E-state index contributed by atoms with van der Waals surface area (Å²) in [7, 11) is 0. The van der Waals surface area contributed by atoms with Crippen molar-refractivity contribution >= 4 is 23.8 Å². The van der Waals surface area contributed by atoms with Gasteiger partial charge in [-0.2, -0.15) is 0 Å². The largest absolute Gasteiger partial charge is 0.448 e. The van der Waals surface area contributed by atoms with Crippen LogP contribution in [0.5, 0.6) is 0 Å². The van der Waals surface area contributed by atoms with Gasteiger partial charge in [-0.1, -0.05) is 48.5 Å². The van der Waals surface area contributed by atoms with E-state index >= 15 is 0 Å². The number of amides is 1. The van der Waals surface area contributed by atoms with Crippen LogP contribution in [0, 0.1) is 6.92 Å². The van der Waals surface area contributed by atoms with Crippen molar-refractivity contribution in [2.45, 2.75) is 12.8 Å². The Kier molecular flexibility index (Phi) is 5.50. The summed E-state index contributed by atoms with van der Waals surface area (Å²) in [5.41, 5.74) is 13.8. The maximum absolute atomic E-state index is 12.8. The minimum atomic E-state index is -0.284. The van der Waals surface area contributed by atoms with Crippen LogP contribution in [-0.2, 0) is 4.74 Å². The molecule has 1 aliphatic carbocycles. The van der Waals surface area contributed by atoms with Gasteiger partial charge >= 0.3 is 6.09 Å². The second-order valence-corrected chi connectivity index (χ2v) is 8.65. The minimum Gasteiger partial charge on any atom is -0.448 e. The number of rotatable bonds is 4. The third kappa shape index (κ3) is 3.82. The van der Waals surface area contributed by atoms with Crippen molar-refractivity contribution in [2.75, 3.05) is 43.4 Å². The number of carbonyl (C=O) groups excluding carboxylic acids is 2. The van der Waals surface area contributed by atoms with Crippen molar-refractivity contribution in [1.29, 1.82) is 0 Å². The monoisotopic (exact) mass is 441 g/mol. The Morgan fingerprint density at radius 3 is 2.21 bits per heavy atom. The lowest BCUT2D eigenvalue weighted by atomic mass is 9.98. The topological polar surface area (TPSA) is 75.9 Å². The van der Waals surface area contributed by atoms with Crippen molar-refractivity contribution in [2.24, 2.45) is 0 Å². The Morgan fingerprint density at radius 1 is 1.00 bits per heavy atom. The molecule has 6 heteroatoms. The second-order valence-electron chi connectivity index (χ2n) is 8.65. The summed E-state index contributed by atoms with van der Waals surface area (Å²) in [5, 5.41) is 0. The van der Waals surface area contributed by atoms with Gasteiger partial charge in [0, 0.05) is 49.0 Å². The fraction of sp³-hybridized carbons (Fsp3) is 0.259. The third-order valence-electron chi connectivity index (χ3n) is 6.84. The van der Waals surface area contributed by atoms with Gasteiger partial charge in [0.2, 0.25) is 0 Å². The molecule has 0 bridgehead atoms. The Bertz CT molecular complexity index is 1170. The third-order valence-corrected chi connectivity index (χ3v) is 6.84. The fourth-order valence-corrected chi connectivity index (χ4v) is 4.88. The second kappa shape index (κ2) is 8.62. The number of hydrogen-bond acceptors (Lipinski definition) is 5. The number of piperazine rings is 1. The molecule has 1 fully saturated rings. The normalized spacial score (nSPS) is 15.2. The van der Waals surface area contributed by atoms with Crippen LogP contribution in [0.15, 0.2) is 60.7 Å². The molecule has 3 aromatic carbocycles. The molecule has 0 aromatic heterocycles. The molecule has 0 spiro atoms. The number of anilines is 2. The van der Waals surface area contributed by atoms with E-state index in [-0.39, 0.29) is 12.0 Å². The van der Waals surface area contributed by atoms with Crippen molar-refractivity contribution in [3.63, 3.8) is 0 Å². The van der Waals surface area contributed by atoms with E-state index in [0.29, 0.717) is 44.0 Å². The first-order valence-corrected chi connectivity index (χ1v) is 11.3. The summed E-state index contributed by atoms with van der Waals surface area (Å²) in [6, 6.07) is 20.4. The van der Waals surface area contributed by atoms with Crippen molar-refractivity contribution in [3.8, 4) is 11.1 Å². The molecule has 3 aromatic rings. The smallest absolute Gasteiger partial charge is 0.409 e. The standard InChI is InChI=1S/C27H27N3O3/c1-18-19(16-31)14-20(15-26(18)28)29-10-12-30(13-11-29)27(32)33-17-25-23-8-4-2-6-21(23)22-7-3-5-9-24(22)25/h2-9,14-16,25H,10-13,17,28H2,1H3. The highest BCUT2D eigenvalue weighted by atomic mass is 16.6. The molecule has 1 aliphatic heterocycles. The molecule has 5 rings (SSSR count). The zero-order valence-corrected chi connectivity index (χ0v) is 18.7. The molecule has 168 valence electrons. The first-order chi connectivity index (χ1) is 16.1. The van der Waals surface area contributed by atoms with E-state index in [4.69, 9.17) is 10.5 Å². The summed E-state index contributed by atoms with van der Waals surface area (Å²) in [4.78, 5) is 28.1. The number of aldehydes is 1. The van der Waals surface area contributed by atoms with E-state index in [1.54, 1.807) is 4.90 Å². The van der Waals surface area contributed by atoms with Crippen molar-refractivity contribution in [1.82, 2.24) is 4.90 Å². The molecule has 0 saturated carbocycles. The molecule has 0 atom stereocenters. The van der Waals surface area contributed by atoms with Crippen molar-refractivity contribution in [3.05, 3.63) is 82.9 Å². The van der Waals surface area contributed by atoms with E-state index < -0.39 is 0 Å². The van der Waals surface area contributed by atoms with Crippen LogP contribution in [0.25, 0.3) is 11.1 Å². The van der Waals surface area contributed by atoms with E-state index in [0.717, 1.165) is 17.5 Å². The number of fused-ring (bicyclic) bond motifs is 3. The quantitative estimate of drug-likeness (QED) is 0.478. The van der Waals surface area contributed by atoms with Crippen LogP contribution in [0.3, 0.4) is 0 Å². The van der Waals surface area contributed by atoms with Crippen LogP contribution in [-0.4, -0.2) is 50.1 Å². The number of nitrogens with zero attached hydrogens (tertiary/aromatic N) is 2. The fourth-order valence-electron chi connectivity index (χ4n) is 4.88. The van der Waals surface area contributed by atoms with Gasteiger partial charge in [-0.3, -0.25) is 4.79 Å². The summed E-state index contributed by atoms with van der Waals surface area (Å²) < 4.78 is 5.79. The summed E-state index contributed by atoms with van der Waals surface area (Å²) >= 11 is 0. The van der Waals surface area contributed by atoms with Gasteiger partial charge < -0.3 is 20.3 Å². The Morgan fingerprint density at radius 2 is 1.61 bits per heavy atom. The number of benzene rings is 3. The first-order valence-electron chi connectivity index (χ1n) is 11.3. The lowest BCUT2D eigenvalue weighted by Crippen LogP contribution is -2.49. The molecule has 0 unspecified atom stereocenters. The maximum atomic E-state index is 12.8. The van der Waals surface area contributed by atoms with Gasteiger partial charge in [0.15, 0.2) is 0 Å². The molecule has 33 heavy (non-hydrogen) atoms. The van der Waals surface area contributed by atoms with Crippen LogP contribution in [0.1, 0.15) is 33.0 Å². The zero-order chi connectivity index (χ0) is 22.9. The highest BCUT2D eigenvalue weighted by Gasteiger charge is 2.30. The Hall–Kier alpha value is -3.80. The first kappa shape index (κ1) is 21.1. The van der Waals surface area contributed by atoms with Gasteiger partial charge in [0.1, 0.15) is 12.9 Å². The molecular weight excluding hydrogens is 414 g/mol. The highest BCUT2D eigenvalue weighted by Crippen LogP contribution is 2.44. The summed E-state index contributed by atoms with van der Waals surface area (Å²) in [6.45, 7) is 4.60. The lowest BCUT2D eigenvalue weighted by molar-refractivity contribution is 0.0976. The molecule has 1 saturated heterocycles. The van der Waals surface area contributed by atoms with Crippen LogP contribution in [0.2, 0.25) is 0 Å². The average molecular weight is 442 g/mol. The number of hydrogen-bond donors (Lipinski definition) is 1. The number of nitrogen functional groups attached to an aromatic ring is 1. The predicted molar refractivity (Wildman–Crippen MR) is 130 cm³/mol. The van der Waals surface area contributed by atoms with E-state index in [9.17, 15) is 9.59 Å². The van der Waals surface area contributed by atoms with Crippen LogP contribution in [0.4, 0.5) is 16.2 Å². The molecule has 1 amide bonds. The van der Waals surface area contributed by atoms with Crippen LogP contribution < -0.4 is 10.6 Å². The SMILES string of the molecule is Cc1c(N)cc(N2CCN(C(=O)OCC3c4ccccc4-c4ccccc43)CC2)cc1C=O. The summed E-state index contributed by atoms with van der Waals surface area (Å²) in [6.07, 6.45) is 0.552. The Labute approximate surface area is 193 Å². The molecule has 0 radical (unpaired) electrons. The molecular formula is C27H27N3O3. The van der Waals surface area contributed by atoms with E-state index in [1.165, 1.54) is 22.3 Å². The number of nitrogens with two attached hydrogens (primary N) is 1. The van der Waals surface area contributed by atoms with Gasteiger partial charge in [0.25, 0.3) is 0 Å². The van der Waals surface area contributed by atoms with E-state index in [2.05, 4.69) is 29.2 Å². The summed E-state index contributed by atoms with van der Waals surface area (Å²) in [5.74, 6) is 0.0555. The average Bonchev–Trinajstić information content (AvgIpc) is 3.18. The molecule has 2 N–H and O–H groups in total. The molecule has 6 nitrogen and oxygen atoms in total. The lowest BCUT2D eigenvalue weighted by Gasteiger charge is -2.36. The van der Waals surface area contributed by atoms with Crippen LogP contribution >= 0.6 is 0 Å². The molecule has 1 heterocycles. The zero-order valence-electron chi connectivity index (χ0n) is 18.7. The van der Waals surface area contributed by atoms with Gasteiger partial charge in [0.05, 0.1) is 0 Å². The number of ether oxygens (including phenoxy) is 1. The van der Waals surface area contributed by atoms with Gasteiger partial charge in [-0.15, -0.1) is 0 Å². The Balaban J connectivity index is 1.22. The minimum absolute atomic E-state index is 0.0555. The van der Waals surface area contributed by atoms with Gasteiger partial charge in [-0.05, 0) is 46.9 Å². The van der Waals surface area contributed by atoms with Gasteiger partial charge in [-0.25, -0.2) is 4.79 Å². The van der Waals surface area contributed by atoms with Crippen molar-refractivity contribution < 1.29 is 14.3 Å². The predicted octanol–water partition coefficient (Wildman–Crippen LogP) is 4.46. The molecule has 2 aliphatic rings. The number of carbonyl (C=O) groups is 2. The highest BCUT2D eigenvalue weighted by molar-refractivity contribution is 5.83. The maximum Gasteiger partial charge on any atom is 0.409 e.